The summed E-state index contributed by atoms with van der Waals surface area (Å²) in [6, 6.07) is 0. The number of aliphatic hydroxyl groups is 1. The number of aliphatic hydroxyl groups excluding tert-OH is 1. The van der Waals surface area contributed by atoms with E-state index in [0.717, 1.165) is 12.8 Å². The van der Waals surface area contributed by atoms with Crippen molar-refractivity contribution in [3.63, 3.8) is 0 Å². The van der Waals surface area contributed by atoms with Crippen LogP contribution >= 0.6 is 0 Å². The lowest BCUT2D eigenvalue weighted by Gasteiger charge is -2.18. The maximum absolute atomic E-state index is 9.12. The molecule has 0 aliphatic heterocycles. The fourth-order valence-corrected chi connectivity index (χ4v) is 0.956. The lowest BCUT2D eigenvalue weighted by Crippen LogP contribution is -2.28. The second-order valence-corrected chi connectivity index (χ2v) is 2.92. The molecule has 12 heavy (non-hydrogen) atoms. The summed E-state index contributed by atoms with van der Waals surface area (Å²) in [4.78, 5) is 0. The average Bonchev–Trinajstić information content (AvgIpc) is 2.04. The third-order valence-electron chi connectivity index (χ3n) is 1.66. The van der Waals surface area contributed by atoms with Gasteiger partial charge in [0.15, 0.2) is 6.29 Å². The molecule has 0 radical (unpaired) electrons. The first kappa shape index (κ1) is 11.9. The van der Waals surface area contributed by atoms with Gasteiger partial charge in [-0.3, -0.25) is 0 Å². The molecule has 0 saturated heterocycles. The summed E-state index contributed by atoms with van der Waals surface area (Å²) >= 11 is 0. The van der Waals surface area contributed by atoms with Gasteiger partial charge in [-0.15, -0.1) is 0 Å². The molecule has 0 spiro atoms. The molecule has 0 fully saturated rings. The van der Waals surface area contributed by atoms with Gasteiger partial charge in [-0.25, -0.2) is 0 Å². The van der Waals surface area contributed by atoms with Crippen molar-refractivity contribution in [3.05, 3.63) is 0 Å². The van der Waals surface area contributed by atoms with Crippen LogP contribution in [-0.2, 0) is 9.47 Å². The minimum atomic E-state index is -0.559. The fourth-order valence-electron chi connectivity index (χ4n) is 0.956. The van der Waals surface area contributed by atoms with Gasteiger partial charge >= 0.3 is 0 Å². The lowest BCUT2D eigenvalue weighted by atomic mass is 10.3. The fraction of sp³-hybridized carbons (Fsp3) is 1.00. The van der Waals surface area contributed by atoms with Crippen LogP contribution in [0.5, 0.6) is 0 Å². The van der Waals surface area contributed by atoms with Crippen LogP contribution in [-0.4, -0.2) is 31.2 Å². The third kappa shape index (κ3) is 5.52. The van der Waals surface area contributed by atoms with Crippen molar-refractivity contribution in [3.8, 4) is 0 Å². The molecule has 3 heteroatoms. The van der Waals surface area contributed by atoms with Crippen molar-refractivity contribution in [1.82, 2.24) is 0 Å². The van der Waals surface area contributed by atoms with E-state index in [0.29, 0.717) is 6.61 Å². The van der Waals surface area contributed by atoms with Crippen LogP contribution in [0.3, 0.4) is 0 Å². The molecule has 74 valence electrons. The van der Waals surface area contributed by atoms with Gasteiger partial charge < -0.3 is 14.6 Å². The summed E-state index contributed by atoms with van der Waals surface area (Å²) in [6.45, 7) is 4.47. The van der Waals surface area contributed by atoms with Crippen LogP contribution < -0.4 is 0 Å². The Morgan fingerprint density at radius 2 is 2.00 bits per heavy atom. The van der Waals surface area contributed by atoms with E-state index < -0.39 is 12.4 Å². The largest absolute Gasteiger partial charge is 0.388 e. The molecule has 0 aliphatic carbocycles. The molecule has 0 saturated carbocycles. The highest BCUT2D eigenvalue weighted by atomic mass is 16.7. The Balaban J connectivity index is 3.32. The summed E-state index contributed by atoms with van der Waals surface area (Å²) in [5.74, 6) is 0. The lowest BCUT2D eigenvalue weighted by molar-refractivity contribution is -0.175. The smallest absolute Gasteiger partial charge is 0.182 e. The Bertz CT molecular complexity index is 93.8. The highest BCUT2D eigenvalue weighted by Crippen LogP contribution is 2.02. The second-order valence-electron chi connectivity index (χ2n) is 2.92. The van der Waals surface area contributed by atoms with Gasteiger partial charge in [0.05, 0.1) is 0 Å². The quantitative estimate of drug-likeness (QED) is 0.472. The topological polar surface area (TPSA) is 38.7 Å². The predicted octanol–water partition coefficient (Wildman–Crippen LogP) is 1.55. The van der Waals surface area contributed by atoms with Crippen LogP contribution in [0.25, 0.3) is 0 Å². The van der Waals surface area contributed by atoms with Gasteiger partial charge in [0.1, 0.15) is 6.10 Å². The maximum Gasteiger partial charge on any atom is 0.182 e. The summed E-state index contributed by atoms with van der Waals surface area (Å²) < 4.78 is 10.2. The first-order chi connectivity index (χ1) is 5.72. The minimum Gasteiger partial charge on any atom is -0.388 e. The van der Waals surface area contributed by atoms with Gasteiger partial charge in [-0.05, 0) is 13.3 Å². The third-order valence-corrected chi connectivity index (χ3v) is 1.66. The second kappa shape index (κ2) is 7.53. The van der Waals surface area contributed by atoms with Gasteiger partial charge in [-0.2, -0.15) is 0 Å². The van der Waals surface area contributed by atoms with Gasteiger partial charge in [0.25, 0.3) is 0 Å². The van der Waals surface area contributed by atoms with Crippen LogP contribution in [0, 0.1) is 0 Å². The maximum atomic E-state index is 9.12. The van der Waals surface area contributed by atoms with Crippen LogP contribution in [0.2, 0.25) is 0 Å². The number of unbranched alkanes of at least 4 members (excludes halogenated alkanes) is 2. The van der Waals surface area contributed by atoms with Crippen molar-refractivity contribution in [2.45, 2.75) is 45.5 Å². The summed E-state index contributed by atoms with van der Waals surface area (Å²) in [7, 11) is 1.54. The molecule has 0 aliphatic rings. The summed E-state index contributed by atoms with van der Waals surface area (Å²) in [5, 5.41) is 9.12. The molecule has 0 heterocycles. The van der Waals surface area contributed by atoms with E-state index in [4.69, 9.17) is 14.6 Å². The van der Waals surface area contributed by atoms with Crippen molar-refractivity contribution in [1.29, 1.82) is 0 Å². The SMILES string of the molecule is CCCCCOC(OC)[C@H](C)O. The molecule has 0 aromatic heterocycles. The molecular formula is C9H20O3. The van der Waals surface area contributed by atoms with Crippen molar-refractivity contribution < 1.29 is 14.6 Å². The van der Waals surface area contributed by atoms with E-state index in [2.05, 4.69) is 6.92 Å². The van der Waals surface area contributed by atoms with Crippen molar-refractivity contribution >= 4 is 0 Å². The molecule has 1 unspecified atom stereocenters. The average molecular weight is 176 g/mol. The van der Waals surface area contributed by atoms with E-state index in [9.17, 15) is 0 Å². The van der Waals surface area contributed by atoms with E-state index in [1.165, 1.54) is 13.5 Å². The van der Waals surface area contributed by atoms with E-state index in [1.807, 2.05) is 0 Å². The Labute approximate surface area is 74.7 Å². The molecule has 2 atom stereocenters. The van der Waals surface area contributed by atoms with Gasteiger partial charge in [0, 0.05) is 13.7 Å². The number of hydrogen-bond donors (Lipinski definition) is 1. The zero-order valence-corrected chi connectivity index (χ0v) is 8.25. The monoisotopic (exact) mass is 176 g/mol. The number of hydrogen-bond acceptors (Lipinski definition) is 3. The molecule has 0 aromatic carbocycles. The van der Waals surface area contributed by atoms with E-state index >= 15 is 0 Å². The van der Waals surface area contributed by atoms with Crippen molar-refractivity contribution in [2.75, 3.05) is 13.7 Å². The highest BCUT2D eigenvalue weighted by Gasteiger charge is 2.12. The Kier molecular flexibility index (Phi) is 7.45. The van der Waals surface area contributed by atoms with Gasteiger partial charge in [0.2, 0.25) is 0 Å². The number of ether oxygens (including phenoxy) is 2. The highest BCUT2D eigenvalue weighted by molar-refractivity contribution is 4.51. The van der Waals surface area contributed by atoms with Crippen LogP contribution in [0.1, 0.15) is 33.1 Å². The van der Waals surface area contributed by atoms with E-state index in [-0.39, 0.29) is 0 Å². The number of rotatable bonds is 7. The molecular weight excluding hydrogens is 156 g/mol. The van der Waals surface area contributed by atoms with Crippen molar-refractivity contribution in [2.24, 2.45) is 0 Å². The zero-order valence-electron chi connectivity index (χ0n) is 8.25. The molecule has 0 bridgehead atoms. The predicted molar refractivity (Wildman–Crippen MR) is 48.0 cm³/mol. The first-order valence-corrected chi connectivity index (χ1v) is 4.54. The van der Waals surface area contributed by atoms with Crippen LogP contribution in [0.15, 0.2) is 0 Å². The number of methoxy groups -OCH3 is 1. The Hall–Kier alpha value is -0.120. The molecule has 0 amide bonds. The first-order valence-electron chi connectivity index (χ1n) is 4.54. The molecule has 0 aromatic rings. The van der Waals surface area contributed by atoms with E-state index in [1.54, 1.807) is 6.92 Å². The normalized spacial score (nSPS) is 16.0. The molecule has 0 rings (SSSR count). The Morgan fingerprint density at radius 1 is 1.33 bits per heavy atom. The summed E-state index contributed by atoms with van der Waals surface area (Å²) in [5.41, 5.74) is 0. The minimum absolute atomic E-state index is 0.471. The summed E-state index contributed by atoms with van der Waals surface area (Å²) in [6.07, 6.45) is 2.34. The van der Waals surface area contributed by atoms with Crippen LogP contribution in [0.4, 0.5) is 0 Å². The zero-order chi connectivity index (χ0) is 9.40. The Morgan fingerprint density at radius 3 is 2.42 bits per heavy atom. The standard InChI is InChI=1S/C9H20O3/c1-4-5-6-7-12-9(11-3)8(2)10/h8-10H,4-7H2,1-3H3/t8-,9?/m0/s1. The molecule has 1 N–H and O–H groups in total. The van der Waals surface area contributed by atoms with Gasteiger partial charge in [-0.1, -0.05) is 19.8 Å². The molecule has 3 nitrogen and oxygen atoms in total.